The van der Waals surface area contributed by atoms with Gasteiger partial charge in [-0.3, -0.25) is 4.79 Å². The molecule has 128 valence electrons. The maximum Gasteiger partial charge on any atom is 0.345 e. The summed E-state index contributed by atoms with van der Waals surface area (Å²) in [6, 6.07) is 16.7. The summed E-state index contributed by atoms with van der Waals surface area (Å²) in [7, 11) is 0. The lowest BCUT2D eigenvalue weighted by Gasteiger charge is -2.05. The highest BCUT2D eigenvalue weighted by Gasteiger charge is 2.18. The number of nitrogens with one attached hydrogen (secondary N) is 1. The summed E-state index contributed by atoms with van der Waals surface area (Å²) in [5.41, 5.74) is 2.56. The van der Waals surface area contributed by atoms with Crippen molar-refractivity contribution in [1.82, 2.24) is 4.98 Å². The number of carbonyl (C=O) groups excluding carboxylic acids is 1. The van der Waals surface area contributed by atoms with Gasteiger partial charge >= 0.3 is 5.63 Å². The molecule has 5 nitrogen and oxygen atoms in total. The smallest absolute Gasteiger partial charge is 0.345 e. The van der Waals surface area contributed by atoms with Crippen LogP contribution < -0.4 is 10.9 Å². The van der Waals surface area contributed by atoms with Crippen LogP contribution in [0.2, 0.25) is 0 Å². The van der Waals surface area contributed by atoms with E-state index in [9.17, 15) is 9.59 Å². The van der Waals surface area contributed by atoms with Crippen molar-refractivity contribution < 1.29 is 9.21 Å². The Morgan fingerprint density at radius 2 is 1.88 bits per heavy atom. The second kappa shape index (κ2) is 6.57. The molecule has 0 spiro atoms. The average Bonchev–Trinajstić information content (AvgIpc) is 3.05. The Balaban J connectivity index is 1.81. The number of aromatic nitrogens is 1. The van der Waals surface area contributed by atoms with E-state index >= 15 is 0 Å². The van der Waals surface area contributed by atoms with E-state index in [2.05, 4.69) is 10.3 Å². The van der Waals surface area contributed by atoms with Gasteiger partial charge in [0, 0.05) is 11.1 Å². The van der Waals surface area contributed by atoms with E-state index in [1.165, 1.54) is 11.3 Å². The first kappa shape index (κ1) is 16.2. The molecule has 0 aliphatic carbocycles. The van der Waals surface area contributed by atoms with Gasteiger partial charge in [0.1, 0.15) is 11.3 Å². The minimum absolute atomic E-state index is 0.278. The Labute approximate surface area is 152 Å². The maximum absolute atomic E-state index is 12.4. The fourth-order valence-electron chi connectivity index (χ4n) is 2.71. The van der Waals surface area contributed by atoms with E-state index < -0.39 is 5.63 Å². The molecule has 0 bridgehead atoms. The molecule has 2 aromatic heterocycles. The molecule has 0 fully saturated rings. The lowest BCUT2D eigenvalue weighted by Crippen LogP contribution is -2.04. The van der Waals surface area contributed by atoms with Crippen LogP contribution in [-0.4, -0.2) is 11.3 Å². The number of aldehydes is 1. The van der Waals surface area contributed by atoms with Gasteiger partial charge in [-0.2, -0.15) is 0 Å². The third kappa shape index (κ3) is 2.91. The highest BCUT2D eigenvalue weighted by molar-refractivity contribution is 7.17. The second-order valence-corrected chi connectivity index (χ2v) is 6.81. The van der Waals surface area contributed by atoms with Gasteiger partial charge in [-0.15, -0.1) is 0 Å². The zero-order valence-electron chi connectivity index (χ0n) is 13.9. The molecule has 4 rings (SSSR count). The van der Waals surface area contributed by atoms with Crippen molar-refractivity contribution in [3.05, 3.63) is 75.5 Å². The van der Waals surface area contributed by atoms with E-state index in [4.69, 9.17) is 4.42 Å². The Morgan fingerprint density at radius 3 is 2.69 bits per heavy atom. The van der Waals surface area contributed by atoms with Crippen LogP contribution in [0.1, 0.15) is 15.2 Å². The molecule has 0 radical (unpaired) electrons. The topological polar surface area (TPSA) is 72.2 Å². The first-order chi connectivity index (χ1) is 12.7. The Bertz CT molecular complexity index is 1180. The van der Waals surface area contributed by atoms with Crippen LogP contribution in [-0.2, 0) is 0 Å². The lowest BCUT2D eigenvalue weighted by atomic mass is 10.1. The van der Waals surface area contributed by atoms with Crippen LogP contribution in [0.3, 0.4) is 0 Å². The molecule has 2 heterocycles. The van der Waals surface area contributed by atoms with Crippen LogP contribution in [0.25, 0.3) is 22.2 Å². The molecule has 26 heavy (non-hydrogen) atoms. The number of carbonyl (C=O) groups is 1. The number of para-hydroxylation sites is 2. The van der Waals surface area contributed by atoms with E-state index in [0.717, 1.165) is 16.6 Å². The highest BCUT2D eigenvalue weighted by Crippen LogP contribution is 2.32. The quantitative estimate of drug-likeness (QED) is 0.418. The molecular weight excluding hydrogens is 348 g/mol. The van der Waals surface area contributed by atoms with Crippen LogP contribution in [0, 0.1) is 6.92 Å². The van der Waals surface area contributed by atoms with Crippen LogP contribution >= 0.6 is 11.3 Å². The van der Waals surface area contributed by atoms with Crippen LogP contribution in [0.15, 0.2) is 63.8 Å². The SMILES string of the molecule is Cc1ccccc1Nc1nc(-c2cc3ccccc3oc2=O)c(C=O)s1. The fraction of sp³-hybridized carbons (Fsp3) is 0.0500. The molecular formula is C20H14N2O3S. The Morgan fingerprint density at radius 1 is 1.12 bits per heavy atom. The Hall–Kier alpha value is -3.25. The number of rotatable bonds is 4. The molecule has 6 heteroatoms. The summed E-state index contributed by atoms with van der Waals surface area (Å²) in [5.74, 6) is 0. The number of anilines is 2. The van der Waals surface area contributed by atoms with Gasteiger partial charge in [0.05, 0.1) is 10.4 Å². The number of aryl methyl sites for hydroxylation is 1. The van der Waals surface area contributed by atoms with Crippen molar-refractivity contribution >= 4 is 39.4 Å². The zero-order chi connectivity index (χ0) is 18.1. The minimum Gasteiger partial charge on any atom is -0.422 e. The first-order valence-electron chi connectivity index (χ1n) is 7.97. The molecule has 1 N–H and O–H groups in total. The highest BCUT2D eigenvalue weighted by atomic mass is 32.1. The summed E-state index contributed by atoms with van der Waals surface area (Å²) < 4.78 is 5.37. The number of nitrogens with zero attached hydrogens (tertiary/aromatic N) is 1. The molecule has 0 aliphatic rings. The molecule has 0 amide bonds. The molecule has 0 saturated heterocycles. The van der Waals surface area contributed by atoms with Crippen LogP contribution in [0.5, 0.6) is 0 Å². The van der Waals surface area contributed by atoms with Crippen molar-refractivity contribution in [3.8, 4) is 11.3 Å². The average molecular weight is 362 g/mol. The third-order valence-corrected chi connectivity index (χ3v) is 4.94. The zero-order valence-corrected chi connectivity index (χ0v) is 14.7. The van der Waals surface area contributed by atoms with Gasteiger partial charge in [-0.25, -0.2) is 9.78 Å². The standard InChI is InChI=1S/C20H14N2O3S/c1-12-6-2-4-8-15(12)21-20-22-18(17(11-23)26-20)14-10-13-7-3-5-9-16(13)25-19(14)24/h2-11H,1H3,(H,21,22). The minimum atomic E-state index is -0.514. The third-order valence-electron chi connectivity index (χ3n) is 4.04. The lowest BCUT2D eigenvalue weighted by molar-refractivity contribution is 0.112. The van der Waals surface area contributed by atoms with Crippen molar-refractivity contribution in [2.45, 2.75) is 6.92 Å². The van der Waals surface area contributed by atoms with Gasteiger partial charge in [0.15, 0.2) is 11.4 Å². The molecule has 2 aromatic carbocycles. The predicted molar refractivity (Wildman–Crippen MR) is 103 cm³/mol. The van der Waals surface area contributed by atoms with Crippen molar-refractivity contribution in [2.24, 2.45) is 0 Å². The van der Waals surface area contributed by atoms with Gasteiger partial charge in [0.2, 0.25) is 0 Å². The maximum atomic E-state index is 12.4. The number of fused-ring (bicyclic) bond motifs is 1. The van der Waals surface area contributed by atoms with E-state index in [-0.39, 0.29) is 5.56 Å². The van der Waals surface area contributed by atoms with E-state index in [0.29, 0.717) is 27.6 Å². The summed E-state index contributed by atoms with van der Waals surface area (Å²) in [6.45, 7) is 1.98. The molecule has 0 atom stereocenters. The summed E-state index contributed by atoms with van der Waals surface area (Å²) in [6.07, 6.45) is 0.713. The van der Waals surface area contributed by atoms with Crippen molar-refractivity contribution in [3.63, 3.8) is 0 Å². The van der Waals surface area contributed by atoms with Gasteiger partial charge < -0.3 is 9.73 Å². The fourth-order valence-corrected chi connectivity index (χ4v) is 3.52. The van der Waals surface area contributed by atoms with Gasteiger partial charge in [0.25, 0.3) is 0 Å². The molecule has 4 aromatic rings. The van der Waals surface area contributed by atoms with Crippen molar-refractivity contribution in [2.75, 3.05) is 5.32 Å². The summed E-state index contributed by atoms with van der Waals surface area (Å²) in [5, 5.41) is 4.53. The van der Waals surface area contributed by atoms with Crippen LogP contribution in [0.4, 0.5) is 10.8 Å². The number of hydrogen-bond acceptors (Lipinski definition) is 6. The first-order valence-corrected chi connectivity index (χ1v) is 8.79. The second-order valence-electron chi connectivity index (χ2n) is 5.78. The molecule has 0 unspecified atom stereocenters. The summed E-state index contributed by atoms with van der Waals surface area (Å²) in [4.78, 5) is 28.8. The van der Waals surface area contributed by atoms with Gasteiger partial charge in [-0.05, 0) is 30.7 Å². The number of hydrogen-bond donors (Lipinski definition) is 1. The van der Waals surface area contributed by atoms with E-state index in [1.54, 1.807) is 18.2 Å². The normalized spacial score (nSPS) is 10.8. The van der Waals surface area contributed by atoms with Crippen molar-refractivity contribution in [1.29, 1.82) is 0 Å². The molecule has 0 saturated carbocycles. The largest absolute Gasteiger partial charge is 0.422 e. The van der Waals surface area contributed by atoms with Gasteiger partial charge in [-0.1, -0.05) is 47.7 Å². The monoisotopic (exact) mass is 362 g/mol. The van der Waals surface area contributed by atoms with E-state index in [1.807, 2.05) is 43.3 Å². The Kier molecular flexibility index (Phi) is 4.10. The predicted octanol–water partition coefficient (Wildman–Crippen LogP) is 4.78. The number of benzene rings is 2. The summed E-state index contributed by atoms with van der Waals surface area (Å²) >= 11 is 1.20. The number of thiazole rings is 1. The molecule has 0 aliphatic heterocycles.